The van der Waals surface area contributed by atoms with Crippen LogP contribution in [0.5, 0.6) is 0 Å². The van der Waals surface area contributed by atoms with Crippen molar-refractivity contribution in [1.82, 2.24) is 30.2 Å². The van der Waals surface area contributed by atoms with Gasteiger partial charge in [-0.3, -0.25) is 9.97 Å². The third-order valence-corrected chi connectivity index (χ3v) is 4.14. The highest BCUT2D eigenvalue weighted by molar-refractivity contribution is 6.39. The highest BCUT2D eigenvalue weighted by Crippen LogP contribution is 2.34. The molecule has 4 aromatic rings. The molecule has 136 valence electrons. The van der Waals surface area contributed by atoms with Gasteiger partial charge in [0.1, 0.15) is 11.4 Å². The summed E-state index contributed by atoms with van der Waals surface area (Å²) in [4.78, 5) is 9.85. The average molecular weight is 399 g/mol. The molecule has 3 aromatic heterocycles. The molecule has 0 aliphatic heterocycles. The molecule has 8 heteroatoms. The molecule has 3 heterocycles. The standard InChI is InChI=1S/C17H10Cl2N6.C2H6/c18-13-4-3-5-14(19)16(13)11-8-12(10-20-9-11)25-23-17(22-24-25)15-6-1-2-7-21-15;1-2/h1-10H;1-2H3. The van der Waals surface area contributed by atoms with Gasteiger partial charge in [0.15, 0.2) is 0 Å². The Labute approximate surface area is 166 Å². The predicted octanol–water partition coefficient (Wildman–Crippen LogP) is 5.12. The van der Waals surface area contributed by atoms with Crippen LogP contribution < -0.4 is 0 Å². The lowest BCUT2D eigenvalue weighted by Crippen LogP contribution is -2.00. The van der Waals surface area contributed by atoms with Crippen molar-refractivity contribution in [2.24, 2.45) is 0 Å². The maximum atomic E-state index is 6.28. The van der Waals surface area contributed by atoms with Crippen LogP contribution in [0.25, 0.3) is 28.3 Å². The fraction of sp³-hybridized carbons (Fsp3) is 0.105. The van der Waals surface area contributed by atoms with Crippen molar-refractivity contribution in [3.63, 3.8) is 0 Å². The monoisotopic (exact) mass is 398 g/mol. The molecular weight excluding hydrogens is 383 g/mol. The molecule has 0 unspecified atom stereocenters. The summed E-state index contributed by atoms with van der Waals surface area (Å²) in [7, 11) is 0. The molecule has 1 aromatic carbocycles. The van der Waals surface area contributed by atoms with Gasteiger partial charge in [-0.25, -0.2) is 0 Å². The number of benzene rings is 1. The zero-order valence-corrected chi connectivity index (χ0v) is 16.2. The van der Waals surface area contributed by atoms with Crippen molar-refractivity contribution in [3.8, 4) is 28.3 Å². The summed E-state index contributed by atoms with van der Waals surface area (Å²) in [5.74, 6) is 0.432. The summed E-state index contributed by atoms with van der Waals surface area (Å²) >= 11 is 12.6. The summed E-state index contributed by atoms with van der Waals surface area (Å²) in [6, 6.07) is 12.7. The molecule has 0 fully saturated rings. The molecule has 0 aliphatic carbocycles. The van der Waals surface area contributed by atoms with Crippen LogP contribution in [0.1, 0.15) is 13.8 Å². The van der Waals surface area contributed by atoms with E-state index in [1.165, 1.54) is 4.80 Å². The van der Waals surface area contributed by atoms with Gasteiger partial charge in [0, 0.05) is 33.6 Å². The lowest BCUT2D eigenvalue weighted by Gasteiger charge is -2.07. The number of aromatic nitrogens is 6. The molecule has 0 bridgehead atoms. The quantitative estimate of drug-likeness (QED) is 0.478. The van der Waals surface area contributed by atoms with Gasteiger partial charge in [-0.15, -0.1) is 15.0 Å². The van der Waals surface area contributed by atoms with Crippen LogP contribution in [-0.2, 0) is 0 Å². The third-order valence-electron chi connectivity index (χ3n) is 3.51. The van der Waals surface area contributed by atoms with E-state index in [-0.39, 0.29) is 0 Å². The average Bonchev–Trinajstić information content (AvgIpc) is 3.21. The Morgan fingerprint density at radius 3 is 2.41 bits per heavy atom. The smallest absolute Gasteiger partial charge is 0.223 e. The minimum atomic E-state index is 0.432. The van der Waals surface area contributed by atoms with Crippen molar-refractivity contribution in [3.05, 3.63) is 71.1 Å². The molecule has 0 atom stereocenters. The van der Waals surface area contributed by atoms with E-state index < -0.39 is 0 Å². The minimum absolute atomic E-state index is 0.432. The molecule has 4 rings (SSSR count). The summed E-state index contributed by atoms with van der Waals surface area (Å²) in [5, 5.41) is 13.6. The van der Waals surface area contributed by atoms with Crippen LogP contribution >= 0.6 is 23.2 Å². The molecule has 27 heavy (non-hydrogen) atoms. The Morgan fingerprint density at radius 1 is 0.926 bits per heavy atom. The number of tetrazole rings is 1. The van der Waals surface area contributed by atoms with Crippen LogP contribution in [-0.4, -0.2) is 30.2 Å². The molecule has 0 N–H and O–H groups in total. The van der Waals surface area contributed by atoms with Gasteiger partial charge in [0.05, 0.1) is 6.20 Å². The fourth-order valence-corrected chi connectivity index (χ4v) is 2.98. The first-order chi connectivity index (χ1) is 13.2. The first-order valence-corrected chi connectivity index (χ1v) is 9.09. The van der Waals surface area contributed by atoms with E-state index in [9.17, 15) is 0 Å². The maximum absolute atomic E-state index is 6.28. The van der Waals surface area contributed by atoms with Gasteiger partial charge in [0.25, 0.3) is 0 Å². The SMILES string of the molecule is CC.Clc1cccc(Cl)c1-c1cncc(-n2nnc(-c3ccccn3)n2)c1. The van der Waals surface area contributed by atoms with Crippen molar-refractivity contribution in [2.75, 3.05) is 0 Å². The normalized spacial score (nSPS) is 10.2. The number of pyridine rings is 2. The van der Waals surface area contributed by atoms with Gasteiger partial charge in [0.2, 0.25) is 5.82 Å². The highest BCUT2D eigenvalue weighted by Gasteiger charge is 2.12. The topological polar surface area (TPSA) is 69.4 Å². The zero-order valence-electron chi connectivity index (χ0n) is 14.7. The second-order valence-electron chi connectivity index (χ2n) is 5.15. The molecule has 0 aliphatic rings. The van der Waals surface area contributed by atoms with E-state index in [4.69, 9.17) is 23.2 Å². The van der Waals surface area contributed by atoms with E-state index in [1.54, 1.807) is 36.8 Å². The molecule has 0 saturated carbocycles. The van der Waals surface area contributed by atoms with Gasteiger partial charge < -0.3 is 0 Å². The van der Waals surface area contributed by atoms with Crippen LogP contribution in [0.2, 0.25) is 10.0 Å². The second kappa shape index (κ2) is 8.70. The van der Waals surface area contributed by atoms with Gasteiger partial charge >= 0.3 is 0 Å². The molecule has 6 nitrogen and oxygen atoms in total. The largest absolute Gasteiger partial charge is 0.262 e. The van der Waals surface area contributed by atoms with Crippen molar-refractivity contribution < 1.29 is 0 Å². The number of rotatable bonds is 3. The summed E-state index contributed by atoms with van der Waals surface area (Å²) in [6.45, 7) is 4.00. The lowest BCUT2D eigenvalue weighted by molar-refractivity contribution is 0.717. The summed E-state index contributed by atoms with van der Waals surface area (Å²) in [6.07, 6.45) is 5.00. The van der Waals surface area contributed by atoms with Crippen LogP contribution in [0.15, 0.2) is 61.1 Å². The first-order valence-electron chi connectivity index (χ1n) is 8.33. The van der Waals surface area contributed by atoms with E-state index in [1.807, 2.05) is 38.1 Å². The van der Waals surface area contributed by atoms with E-state index in [0.29, 0.717) is 32.8 Å². The Balaban J connectivity index is 0.00000102. The minimum Gasteiger partial charge on any atom is -0.262 e. The number of nitrogens with zero attached hydrogens (tertiary/aromatic N) is 6. The Kier molecular flexibility index (Phi) is 6.11. The van der Waals surface area contributed by atoms with Gasteiger partial charge in [-0.05, 0) is 35.5 Å². The van der Waals surface area contributed by atoms with Crippen LogP contribution in [0, 0.1) is 0 Å². The first kappa shape index (κ1) is 18.9. The van der Waals surface area contributed by atoms with Crippen molar-refractivity contribution in [2.45, 2.75) is 13.8 Å². The Bertz CT molecular complexity index is 1010. The fourth-order valence-electron chi connectivity index (χ4n) is 2.37. The molecular formula is C19H16Cl2N6. The summed E-state index contributed by atoms with van der Waals surface area (Å²) < 4.78 is 0. The van der Waals surface area contributed by atoms with Crippen molar-refractivity contribution in [1.29, 1.82) is 0 Å². The Hall–Kier alpha value is -2.83. The van der Waals surface area contributed by atoms with Crippen LogP contribution in [0.4, 0.5) is 0 Å². The highest BCUT2D eigenvalue weighted by atomic mass is 35.5. The third kappa shape index (κ3) is 4.13. The molecule has 0 amide bonds. The van der Waals surface area contributed by atoms with Crippen molar-refractivity contribution >= 4 is 23.2 Å². The van der Waals surface area contributed by atoms with Crippen LogP contribution in [0.3, 0.4) is 0 Å². The molecule has 0 radical (unpaired) electrons. The van der Waals surface area contributed by atoms with E-state index in [0.717, 1.165) is 5.56 Å². The molecule has 0 saturated heterocycles. The van der Waals surface area contributed by atoms with Gasteiger partial charge in [-0.1, -0.05) is 49.2 Å². The lowest BCUT2D eigenvalue weighted by atomic mass is 10.1. The Morgan fingerprint density at radius 2 is 1.70 bits per heavy atom. The second-order valence-corrected chi connectivity index (χ2v) is 5.96. The zero-order chi connectivity index (χ0) is 19.2. The summed E-state index contributed by atoms with van der Waals surface area (Å²) in [5.41, 5.74) is 2.77. The number of halogens is 2. The number of hydrogen-bond donors (Lipinski definition) is 0. The predicted molar refractivity (Wildman–Crippen MR) is 107 cm³/mol. The number of hydrogen-bond acceptors (Lipinski definition) is 5. The molecule has 0 spiro atoms. The van der Waals surface area contributed by atoms with E-state index in [2.05, 4.69) is 25.4 Å². The van der Waals surface area contributed by atoms with Gasteiger partial charge in [-0.2, -0.15) is 0 Å². The van der Waals surface area contributed by atoms with E-state index >= 15 is 0 Å². The maximum Gasteiger partial charge on any atom is 0.223 e.